The maximum absolute atomic E-state index is 12.6. The highest BCUT2D eigenvalue weighted by Crippen LogP contribution is 2.31. The molecule has 1 saturated heterocycles. The van der Waals surface area contributed by atoms with Gasteiger partial charge >= 0.3 is 6.18 Å². The Morgan fingerprint density at radius 2 is 2.18 bits per heavy atom. The summed E-state index contributed by atoms with van der Waals surface area (Å²) in [6.45, 7) is 0.919. The number of carbonyl (C=O) groups is 1. The van der Waals surface area contributed by atoms with Crippen LogP contribution in [0.4, 0.5) is 13.2 Å². The lowest BCUT2D eigenvalue weighted by atomic mass is 9.97. The van der Waals surface area contributed by atoms with Crippen molar-refractivity contribution < 1.29 is 18.0 Å². The summed E-state index contributed by atoms with van der Waals surface area (Å²) in [5.74, 6) is -0.126. The van der Waals surface area contributed by atoms with Crippen molar-refractivity contribution in [2.45, 2.75) is 24.9 Å². The SMILES string of the molecule is O=C(c1cn[nH]c1)N1CCCC(c2ncc(C(F)(F)F)[nH]2)C1. The molecule has 1 fully saturated rings. The lowest BCUT2D eigenvalue weighted by Gasteiger charge is -2.31. The quantitative estimate of drug-likeness (QED) is 0.892. The molecule has 0 bridgehead atoms. The molecule has 1 aliphatic rings. The molecule has 22 heavy (non-hydrogen) atoms. The Bertz CT molecular complexity index is 649. The summed E-state index contributed by atoms with van der Waals surface area (Å²) in [4.78, 5) is 20.0. The van der Waals surface area contributed by atoms with E-state index in [1.807, 2.05) is 0 Å². The molecule has 6 nitrogen and oxygen atoms in total. The van der Waals surface area contributed by atoms with E-state index in [2.05, 4.69) is 20.2 Å². The molecular weight excluding hydrogens is 299 g/mol. The monoisotopic (exact) mass is 313 g/mol. The molecule has 0 aromatic carbocycles. The van der Waals surface area contributed by atoms with Crippen LogP contribution >= 0.6 is 0 Å². The second-order valence-electron chi connectivity index (χ2n) is 5.26. The Morgan fingerprint density at radius 1 is 1.36 bits per heavy atom. The van der Waals surface area contributed by atoms with Crippen molar-refractivity contribution in [3.63, 3.8) is 0 Å². The molecule has 0 aliphatic carbocycles. The van der Waals surface area contributed by atoms with Gasteiger partial charge < -0.3 is 9.88 Å². The largest absolute Gasteiger partial charge is 0.432 e. The predicted octanol–water partition coefficient (Wildman–Crippen LogP) is 2.17. The van der Waals surface area contributed by atoms with Gasteiger partial charge in [0.05, 0.1) is 18.0 Å². The van der Waals surface area contributed by atoms with E-state index in [0.717, 1.165) is 12.6 Å². The number of likely N-dealkylation sites (tertiary alicyclic amines) is 1. The number of aromatic nitrogens is 4. The van der Waals surface area contributed by atoms with E-state index >= 15 is 0 Å². The van der Waals surface area contributed by atoms with Crippen molar-refractivity contribution in [2.75, 3.05) is 13.1 Å². The van der Waals surface area contributed by atoms with Crippen molar-refractivity contribution >= 4 is 5.91 Å². The van der Waals surface area contributed by atoms with E-state index in [4.69, 9.17) is 0 Å². The summed E-state index contributed by atoms with van der Waals surface area (Å²) in [6, 6.07) is 0. The van der Waals surface area contributed by atoms with Crippen LogP contribution in [-0.2, 0) is 6.18 Å². The summed E-state index contributed by atoms with van der Waals surface area (Å²) >= 11 is 0. The zero-order valence-corrected chi connectivity index (χ0v) is 11.5. The first-order chi connectivity index (χ1) is 10.4. The molecule has 1 unspecified atom stereocenters. The van der Waals surface area contributed by atoms with Crippen molar-refractivity contribution in [3.05, 3.63) is 35.7 Å². The lowest BCUT2D eigenvalue weighted by Crippen LogP contribution is -2.39. The molecule has 2 aromatic heterocycles. The number of nitrogens with zero attached hydrogens (tertiary/aromatic N) is 3. The Kier molecular flexibility index (Phi) is 3.63. The summed E-state index contributed by atoms with van der Waals surface area (Å²) in [7, 11) is 0. The van der Waals surface area contributed by atoms with Gasteiger partial charge in [-0.3, -0.25) is 9.89 Å². The minimum Gasteiger partial charge on any atom is -0.338 e. The van der Waals surface area contributed by atoms with Crippen molar-refractivity contribution in [1.29, 1.82) is 0 Å². The second-order valence-corrected chi connectivity index (χ2v) is 5.26. The van der Waals surface area contributed by atoms with Crippen LogP contribution in [0.5, 0.6) is 0 Å². The van der Waals surface area contributed by atoms with Crippen molar-refractivity contribution in [2.24, 2.45) is 0 Å². The topological polar surface area (TPSA) is 77.7 Å². The first kappa shape index (κ1) is 14.6. The van der Waals surface area contributed by atoms with Crippen molar-refractivity contribution in [3.8, 4) is 0 Å². The third-order valence-corrected chi connectivity index (χ3v) is 3.74. The zero-order chi connectivity index (χ0) is 15.7. The number of nitrogens with one attached hydrogen (secondary N) is 2. The van der Waals surface area contributed by atoms with Gasteiger partial charge in [-0.1, -0.05) is 0 Å². The molecule has 0 spiro atoms. The van der Waals surface area contributed by atoms with Crippen LogP contribution < -0.4 is 0 Å². The molecule has 9 heteroatoms. The van der Waals surface area contributed by atoms with E-state index < -0.39 is 11.9 Å². The van der Waals surface area contributed by atoms with Crippen LogP contribution in [0, 0.1) is 0 Å². The molecule has 3 rings (SSSR count). The Balaban J connectivity index is 1.73. The highest BCUT2D eigenvalue weighted by Gasteiger charge is 2.35. The number of hydrogen-bond acceptors (Lipinski definition) is 3. The van der Waals surface area contributed by atoms with Crippen molar-refractivity contribution in [1.82, 2.24) is 25.1 Å². The van der Waals surface area contributed by atoms with Crippen LogP contribution in [0.1, 0.15) is 40.6 Å². The fourth-order valence-corrected chi connectivity index (χ4v) is 2.62. The number of imidazole rings is 1. The minimum atomic E-state index is -4.44. The fraction of sp³-hybridized carbons (Fsp3) is 0.462. The molecule has 2 N–H and O–H groups in total. The summed E-state index contributed by atoms with van der Waals surface area (Å²) < 4.78 is 37.8. The average Bonchev–Trinajstić information content (AvgIpc) is 3.17. The normalized spacial score (nSPS) is 19.4. The number of carbonyl (C=O) groups excluding carboxylic acids is 1. The molecule has 0 radical (unpaired) electrons. The molecule has 1 atom stereocenters. The molecule has 3 heterocycles. The fourth-order valence-electron chi connectivity index (χ4n) is 2.62. The van der Waals surface area contributed by atoms with Gasteiger partial charge in [0.2, 0.25) is 0 Å². The predicted molar refractivity (Wildman–Crippen MR) is 70.1 cm³/mol. The number of hydrogen-bond donors (Lipinski definition) is 2. The average molecular weight is 313 g/mol. The Labute approximate surface area is 123 Å². The van der Waals surface area contributed by atoms with Crippen LogP contribution in [0.2, 0.25) is 0 Å². The van der Waals surface area contributed by atoms with Gasteiger partial charge in [0, 0.05) is 25.2 Å². The molecule has 2 aromatic rings. The lowest BCUT2D eigenvalue weighted by molar-refractivity contribution is -0.141. The van der Waals surface area contributed by atoms with Crippen LogP contribution in [0.15, 0.2) is 18.6 Å². The van der Waals surface area contributed by atoms with E-state index in [1.165, 1.54) is 12.4 Å². The third kappa shape index (κ3) is 2.83. The van der Waals surface area contributed by atoms with E-state index in [9.17, 15) is 18.0 Å². The highest BCUT2D eigenvalue weighted by molar-refractivity contribution is 5.93. The Morgan fingerprint density at radius 3 is 2.82 bits per heavy atom. The van der Waals surface area contributed by atoms with Gasteiger partial charge in [-0.15, -0.1) is 0 Å². The smallest absolute Gasteiger partial charge is 0.338 e. The number of H-pyrrole nitrogens is 2. The zero-order valence-electron chi connectivity index (χ0n) is 11.5. The maximum atomic E-state index is 12.6. The molecule has 1 aliphatic heterocycles. The van der Waals surface area contributed by atoms with Gasteiger partial charge in [-0.25, -0.2) is 4.98 Å². The van der Waals surface area contributed by atoms with Gasteiger partial charge in [0.25, 0.3) is 5.91 Å². The number of piperidine rings is 1. The van der Waals surface area contributed by atoms with E-state index in [-0.39, 0.29) is 17.6 Å². The minimum absolute atomic E-state index is 0.180. The van der Waals surface area contributed by atoms with Crippen LogP contribution in [0.3, 0.4) is 0 Å². The first-order valence-electron chi connectivity index (χ1n) is 6.85. The van der Waals surface area contributed by atoms with Gasteiger partial charge in [-0.2, -0.15) is 18.3 Å². The van der Waals surface area contributed by atoms with E-state index in [0.29, 0.717) is 25.1 Å². The number of alkyl halides is 3. The van der Waals surface area contributed by atoms with Gasteiger partial charge in [0.15, 0.2) is 0 Å². The van der Waals surface area contributed by atoms with Crippen LogP contribution in [0.25, 0.3) is 0 Å². The summed E-state index contributed by atoms with van der Waals surface area (Å²) in [5, 5.41) is 6.30. The standard InChI is InChI=1S/C13H14F3N5O/c14-13(15,16)10-6-17-11(20-10)8-2-1-3-21(7-8)12(22)9-4-18-19-5-9/h4-6,8H,1-3,7H2,(H,17,20)(H,18,19). The third-order valence-electron chi connectivity index (χ3n) is 3.74. The molecular formula is C13H14F3N5O. The number of amides is 1. The van der Waals surface area contributed by atoms with Gasteiger partial charge in [-0.05, 0) is 12.8 Å². The highest BCUT2D eigenvalue weighted by atomic mass is 19.4. The maximum Gasteiger partial charge on any atom is 0.432 e. The Hall–Kier alpha value is -2.32. The molecule has 0 saturated carbocycles. The number of halogens is 3. The molecule has 118 valence electrons. The second kappa shape index (κ2) is 5.47. The van der Waals surface area contributed by atoms with Crippen LogP contribution in [-0.4, -0.2) is 44.1 Å². The summed E-state index contributed by atoms with van der Waals surface area (Å²) in [6.07, 6.45) is 0.704. The first-order valence-corrected chi connectivity index (χ1v) is 6.85. The number of rotatable bonds is 2. The van der Waals surface area contributed by atoms with E-state index in [1.54, 1.807) is 4.90 Å². The number of aromatic amines is 2. The molecule has 1 amide bonds. The summed E-state index contributed by atoms with van der Waals surface area (Å²) in [5.41, 5.74) is -0.420. The van der Waals surface area contributed by atoms with Gasteiger partial charge in [0.1, 0.15) is 11.5 Å².